The quantitative estimate of drug-likeness (QED) is 0.350. The lowest BCUT2D eigenvalue weighted by atomic mass is 9.66. The third-order valence-corrected chi connectivity index (χ3v) is 11.4. The lowest BCUT2D eigenvalue weighted by Gasteiger charge is -2.38. The Morgan fingerprint density at radius 3 is 2.48 bits per heavy atom. The summed E-state index contributed by atoms with van der Waals surface area (Å²) in [5.41, 5.74) is 0.767. The summed E-state index contributed by atoms with van der Waals surface area (Å²) in [7, 11) is 0. The molecule has 10 heteroatoms. The summed E-state index contributed by atoms with van der Waals surface area (Å²) in [6.45, 7) is 15.1. The van der Waals surface area contributed by atoms with Crippen LogP contribution in [0.25, 0.3) is 0 Å². The Hall–Kier alpha value is -2.66. The van der Waals surface area contributed by atoms with E-state index in [4.69, 9.17) is 4.74 Å². The monoisotopic (exact) mass is 596 g/mol. The van der Waals surface area contributed by atoms with Gasteiger partial charge in [0.2, 0.25) is 17.7 Å². The van der Waals surface area contributed by atoms with Gasteiger partial charge >= 0.3 is 0 Å². The molecule has 4 aliphatic heterocycles. The van der Waals surface area contributed by atoms with Gasteiger partial charge in [0.1, 0.15) is 6.04 Å². The van der Waals surface area contributed by atoms with E-state index in [1.807, 2.05) is 35.2 Å². The number of likely N-dealkylation sites (tertiary alicyclic amines) is 1. The van der Waals surface area contributed by atoms with E-state index >= 15 is 0 Å². The van der Waals surface area contributed by atoms with Crippen LogP contribution in [0.4, 0.5) is 5.69 Å². The number of carbonyl (C=O) groups excluding carboxylic acids is 3. The number of hydrogen-bond donors (Lipinski definition) is 1. The van der Waals surface area contributed by atoms with Gasteiger partial charge in [-0.3, -0.25) is 19.3 Å². The summed E-state index contributed by atoms with van der Waals surface area (Å²) in [5, 5.41) is 9.69. The van der Waals surface area contributed by atoms with Gasteiger partial charge in [0.25, 0.3) is 0 Å². The molecule has 5 atom stereocenters. The molecule has 1 spiro atoms. The second-order valence-electron chi connectivity index (χ2n) is 11.9. The van der Waals surface area contributed by atoms with E-state index in [0.29, 0.717) is 45.7 Å². The van der Waals surface area contributed by atoms with Crippen molar-refractivity contribution in [3.05, 3.63) is 55.6 Å². The fourth-order valence-corrected chi connectivity index (χ4v) is 9.84. The minimum absolute atomic E-state index is 0.0793. The minimum Gasteiger partial charge on any atom is -0.396 e. The number of morpholine rings is 1. The lowest BCUT2D eigenvalue weighted by Crippen LogP contribution is -2.56. The molecule has 2 bridgehead atoms. The van der Waals surface area contributed by atoms with Gasteiger partial charge in [0, 0.05) is 62.9 Å². The Bertz CT molecular complexity index is 1180. The number of nitrogens with zero attached hydrogens (tertiary/aromatic N) is 4. The van der Waals surface area contributed by atoms with Gasteiger partial charge in [-0.2, -0.15) is 0 Å². The molecule has 1 aromatic rings. The maximum atomic E-state index is 14.5. The number of rotatable bonds is 13. The van der Waals surface area contributed by atoms with Crippen molar-refractivity contribution in [1.82, 2.24) is 14.7 Å². The van der Waals surface area contributed by atoms with E-state index in [0.717, 1.165) is 31.7 Å². The average Bonchev–Trinajstić information content (AvgIpc) is 3.57. The number of para-hydroxylation sites is 1. The number of amides is 3. The molecule has 9 nitrogen and oxygen atoms in total. The topological polar surface area (TPSA) is 93.6 Å². The largest absolute Gasteiger partial charge is 0.396 e. The van der Waals surface area contributed by atoms with Crippen molar-refractivity contribution in [1.29, 1.82) is 0 Å². The molecular weight excluding hydrogens is 552 g/mol. The summed E-state index contributed by atoms with van der Waals surface area (Å²) in [6, 6.07) is 8.81. The Balaban J connectivity index is 1.48. The third-order valence-electron chi connectivity index (χ3n) is 9.43. The van der Waals surface area contributed by atoms with Crippen LogP contribution in [0, 0.1) is 11.8 Å². The van der Waals surface area contributed by atoms with Crippen LogP contribution in [0.5, 0.6) is 0 Å². The Morgan fingerprint density at radius 2 is 1.81 bits per heavy atom. The first-order valence-electron chi connectivity index (χ1n) is 15.1. The first kappa shape index (κ1) is 30.8. The molecule has 0 aromatic heterocycles. The molecule has 4 aliphatic rings. The van der Waals surface area contributed by atoms with Gasteiger partial charge in [0.05, 0.1) is 29.8 Å². The molecule has 42 heavy (non-hydrogen) atoms. The summed E-state index contributed by atoms with van der Waals surface area (Å²) >= 11 is 1.68. The summed E-state index contributed by atoms with van der Waals surface area (Å²) in [4.78, 5) is 50.9. The third kappa shape index (κ3) is 5.42. The smallest absolute Gasteiger partial charge is 0.247 e. The van der Waals surface area contributed by atoms with Crippen molar-refractivity contribution in [3.63, 3.8) is 0 Å². The maximum Gasteiger partial charge on any atom is 0.247 e. The van der Waals surface area contributed by atoms with E-state index in [9.17, 15) is 19.5 Å². The number of anilines is 1. The second-order valence-corrected chi connectivity index (χ2v) is 13.8. The van der Waals surface area contributed by atoms with Crippen LogP contribution in [0.15, 0.2) is 55.6 Å². The molecule has 1 aromatic carbocycles. The van der Waals surface area contributed by atoms with Crippen LogP contribution in [0.2, 0.25) is 0 Å². The standard InChI is InChI=1S/C32H44N4O5S/c1-4-14-34(18-17-33-19-22-41-23-20-33)30(40)27-32-13-12-31(3,42-32)25(26(32)29(39)36(27)16-9-21-37)28(38)35(15-5-2)24-10-7-6-8-11-24/h4-8,10-11,25-27,37H,1-2,9,12-23H2,3H3/t25-,26-,27?,31+,32?/m0/s1. The van der Waals surface area contributed by atoms with Crippen molar-refractivity contribution in [2.75, 3.05) is 70.5 Å². The molecule has 4 saturated heterocycles. The fourth-order valence-electron chi connectivity index (χ4n) is 7.50. The maximum absolute atomic E-state index is 14.5. The number of aliphatic hydroxyl groups is 1. The Labute approximate surface area is 253 Å². The van der Waals surface area contributed by atoms with Crippen LogP contribution in [-0.2, 0) is 19.1 Å². The molecule has 5 rings (SSSR count). The van der Waals surface area contributed by atoms with Crippen molar-refractivity contribution in [3.8, 4) is 0 Å². The number of benzene rings is 1. The Morgan fingerprint density at radius 1 is 1.10 bits per heavy atom. The normalized spacial score (nSPS) is 30.3. The summed E-state index contributed by atoms with van der Waals surface area (Å²) < 4.78 is 4.31. The van der Waals surface area contributed by atoms with E-state index in [1.54, 1.807) is 33.7 Å². The van der Waals surface area contributed by atoms with Gasteiger partial charge in [0.15, 0.2) is 0 Å². The van der Waals surface area contributed by atoms with E-state index in [-0.39, 0.29) is 30.9 Å². The molecular formula is C32H44N4O5S. The number of carbonyl (C=O) groups is 3. The highest BCUT2D eigenvalue weighted by Crippen LogP contribution is 2.71. The fraction of sp³-hybridized carbons (Fsp3) is 0.594. The predicted octanol–water partition coefficient (Wildman–Crippen LogP) is 2.42. The molecule has 4 fully saturated rings. The van der Waals surface area contributed by atoms with Crippen LogP contribution in [0.1, 0.15) is 26.2 Å². The Kier molecular flexibility index (Phi) is 9.47. The second kappa shape index (κ2) is 12.9. The van der Waals surface area contributed by atoms with Gasteiger partial charge in [-0.1, -0.05) is 30.4 Å². The van der Waals surface area contributed by atoms with Crippen molar-refractivity contribution >= 4 is 35.2 Å². The molecule has 4 heterocycles. The zero-order chi connectivity index (χ0) is 29.9. The highest BCUT2D eigenvalue weighted by Gasteiger charge is 2.77. The molecule has 3 amide bonds. The molecule has 228 valence electrons. The average molecular weight is 597 g/mol. The van der Waals surface area contributed by atoms with Crippen molar-refractivity contribution < 1.29 is 24.2 Å². The zero-order valence-corrected chi connectivity index (χ0v) is 25.5. The summed E-state index contributed by atoms with van der Waals surface area (Å²) in [6.07, 6.45) is 5.27. The van der Waals surface area contributed by atoms with Crippen molar-refractivity contribution in [2.24, 2.45) is 11.8 Å². The molecule has 1 N–H and O–H groups in total. The van der Waals surface area contributed by atoms with E-state index in [1.165, 1.54) is 0 Å². The minimum atomic E-state index is -0.701. The summed E-state index contributed by atoms with van der Waals surface area (Å²) in [5.74, 6) is -1.51. The van der Waals surface area contributed by atoms with Gasteiger partial charge < -0.3 is 24.5 Å². The highest BCUT2D eigenvalue weighted by atomic mass is 32.2. The van der Waals surface area contributed by atoms with Gasteiger partial charge in [-0.15, -0.1) is 24.9 Å². The number of hydrogen-bond acceptors (Lipinski definition) is 7. The first-order chi connectivity index (χ1) is 20.3. The van der Waals surface area contributed by atoms with E-state index in [2.05, 4.69) is 25.0 Å². The molecule has 0 saturated carbocycles. The highest BCUT2D eigenvalue weighted by molar-refractivity contribution is 8.02. The molecule has 2 unspecified atom stereocenters. The lowest BCUT2D eigenvalue weighted by molar-refractivity contribution is -0.143. The number of fused-ring (bicyclic) bond motifs is 1. The number of aliphatic hydroxyl groups excluding tert-OH is 1. The van der Waals surface area contributed by atoms with Gasteiger partial charge in [-0.05, 0) is 38.3 Å². The number of ether oxygens (including phenoxy) is 1. The van der Waals surface area contributed by atoms with Crippen LogP contribution < -0.4 is 4.90 Å². The predicted molar refractivity (Wildman–Crippen MR) is 165 cm³/mol. The zero-order valence-electron chi connectivity index (χ0n) is 24.7. The SMILES string of the molecule is C=CCN(CCN1CCOCC1)C(=O)C1N(CCCO)C(=O)[C@@H]2[C@@H](C(=O)N(CC=C)c3ccccc3)[C@@]3(C)CCC12S3. The molecule has 0 radical (unpaired) electrons. The number of thioether (sulfide) groups is 1. The van der Waals surface area contributed by atoms with Gasteiger partial charge in [-0.25, -0.2) is 0 Å². The van der Waals surface area contributed by atoms with Crippen LogP contribution in [-0.4, -0.2) is 119 Å². The van der Waals surface area contributed by atoms with Crippen LogP contribution >= 0.6 is 11.8 Å². The van der Waals surface area contributed by atoms with Crippen LogP contribution in [0.3, 0.4) is 0 Å². The molecule has 0 aliphatic carbocycles. The van der Waals surface area contributed by atoms with Crippen molar-refractivity contribution in [2.45, 2.75) is 41.7 Å². The first-order valence-corrected chi connectivity index (χ1v) is 15.9. The van der Waals surface area contributed by atoms with E-state index < -0.39 is 27.4 Å².